The third kappa shape index (κ3) is 7.29. The zero-order valence-corrected chi connectivity index (χ0v) is 17.1. The van der Waals surface area contributed by atoms with Crippen LogP contribution >= 0.6 is 24.0 Å². The van der Waals surface area contributed by atoms with E-state index in [1.807, 2.05) is 35.9 Å². The Morgan fingerprint density at radius 3 is 2.68 bits per heavy atom. The lowest BCUT2D eigenvalue weighted by Gasteiger charge is -2.22. The number of nitrogens with zero attached hydrogens (tertiary/aromatic N) is 4. The highest BCUT2D eigenvalue weighted by molar-refractivity contribution is 14.0. The number of nitrogens with one attached hydrogen (secondary N) is 1. The first-order valence-corrected chi connectivity index (χ1v) is 7.87. The highest BCUT2D eigenvalue weighted by Gasteiger charge is 2.06. The Kier molecular flexibility index (Phi) is 9.25. The molecule has 6 nitrogen and oxygen atoms in total. The molecule has 0 radical (unpaired) electrons. The summed E-state index contributed by atoms with van der Waals surface area (Å²) in [5, 5.41) is 7.54. The summed E-state index contributed by atoms with van der Waals surface area (Å²) in [6.07, 6.45) is 3.85. The number of aromatic nitrogens is 2. The lowest BCUT2D eigenvalue weighted by atomic mass is 10.3. The summed E-state index contributed by atoms with van der Waals surface area (Å²) < 4.78 is 20.3. The summed E-state index contributed by atoms with van der Waals surface area (Å²) >= 11 is 0. The molecular weight excluding hydrogens is 436 g/mol. The van der Waals surface area contributed by atoms with Crippen molar-refractivity contribution < 1.29 is 9.13 Å². The lowest BCUT2D eigenvalue weighted by Crippen LogP contribution is -2.42. The second-order valence-corrected chi connectivity index (χ2v) is 5.48. The van der Waals surface area contributed by atoms with E-state index in [1.165, 1.54) is 12.1 Å². The molecule has 1 N–H and O–H groups in total. The largest absolute Gasteiger partial charge is 0.492 e. The van der Waals surface area contributed by atoms with Gasteiger partial charge in [-0.2, -0.15) is 5.10 Å². The van der Waals surface area contributed by atoms with Crippen molar-refractivity contribution in [2.45, 2.75) is 13.5 Å². The maximum Gasteiger partial charge on any atom is 0.193 e. The third-order valence-corrected chi connectivity index (χ3v) is 3.47. The van der Waals surface area contributed by atoms with E-state index in [1.54, 1.807) is 19.2 Å². The van der Waals surface area contributed by atoms with E-state index in [4.69, 9.17) is 4.74 Å². The summed E-state index contributed by atoms with van der Waals surface area (Å²) in [4.78, 5) is 6.24. The van der Waals surface area contributed by atoms with Crippen molar-refractivity contribution in [1.29, 1.82) is 0 Å². The number of ether oxygens (including phenoxy) is 1. The van der Waals surface area contributed by atoms with E-state index in [9.17, 15) is 4.39 Å². The SMILES string of the molecule is CN=C(NCCn1cc(C)cn1)N(C)CCOc1ccc(F)cc1.I. The molecule has 0 bridgehead atoms. The molecule has 0 aliphatic heterocycles. The first-order chi connectivity index (χ1) is 11.6. The summed E-state index contributed by atoms with van der Waals surface area (Å²) in [6, 6.07) is 6.01. The Labute approximate surface area is 165 Å². The number of halogens is 2. The molecule has 0 saturated carbocycles. The van der Waals surface area contributed by atoms with Crippen LogP contribution in [0.2, 0.25) is 0 Å². The number of aliphatic imine (C=N–C) groups is 1. The minimum Gasteiger partial charge on any atom is -0.492 e. The van der Waals surface area contributed by atoms with Crippen molar-refractivity contribution in [2.24, 2.45) is 4.99 Å². The standard InChI is InChI=1S/C17H24FN5O.HI/c1-14-12-21-23(13-14)9-8-20-17(19-2)22(3)10-11-24-16-6-4-15(18)5-7-16;/h4-7,12-13H,8-11H2,1-3H3,(H,19,20);1H. The van der Waals surface area contributed by atoms with Crippen LogP contribution in [0.4, 0.5) is 4.39 Å². The molecule has 138 valence electrons. The molecule has 0 spiro atoms. The van der Waals surface area contributed by atoms with Crippen LogP contribution in [0.15, 0.2) is 41.7 Å². The first kappa shape index (κ1) is 21.2. The highest BCUT2D eigenvalue weighted by Crippen LogP contribution is 2.10. The van der Waals surface area contributed by atoms with Crippen molar-refractivity contribution in [3.05, 3.63) is 48.0 Å². The van der Waals surface area contributed by atoms with E-state index in [0.29, 0.717) is 18.9 Å². The van der Waals surface area contributed by atoms with E-state index in [0.717, 1.165) is 24.6 Å². The van der Waals surface area contributed by atoms with Gasteiger partial charge >= 0.3 is 0 Å². The number of hydrogen-bond acceptors (Lipinski definition) is 3. The van der Waals surface area contributed by atoms with Crippen molar-refractivity contribution in [3.63, 3.8) is 0 Å². The van der Waals surface area contributed by atoms with Crippen LogP contribution < -0.4 is 10.1 Å². The summed E-state index contributed by atoms with van der Waals surface area (Å²) in [5.41, 5.74) is 1.15. The van der Waals surface area contributed by atoms with Crippen molar-refractivity contribution in [2.75, 3.05) is 33.8 Å². The molecule has 0 fully saturated rings. The molecule has 25 heavy (non-hydrogen) atoms. The van der Waals surface area contributed by atoms with Gasteiger partial charge in [0.2, 0.25) is 0 Å². The Morgan fingerprint density at radius 1 is 1.36 bits per heavy atom. The molecule has 0 atom stereocenters. The van der Waals surface area contributed by atoms with E-state index < -0.39 is 0 Å². The van der Waals surface area contributed by atoms with E-state index in [-0.39, 0.29) is 29.8 Å². The van der Waals surface area contributed by atoms with Gasteiger partial charge in [0, 0.05) is 26.8 Å². The maximum atomic E-state index is 12.8. The first-order valence-electron chi connectivity index (χ1n) is 7.87. The van der Waals surface area contributed by atoms with Crippen LogP contribution in [-0.4, -0.2) is 54.4 Å². The minimum atomic E-state index is -0.267. The molecule has 0 saturated heterocycles. The number of hydrogen-bond donors (Lipinski definition) is 1. The number of aryl methyl sites for hydroxylation is 1. The molecule has 2 aromatic rings. The Bertz CT molecular complexity index is 659. The molecule has 8 heteroatoms. The van der Waals surface area contributed by atoms with Gasteiger partial charge in [-0.3, -0.25) is 9.67 Å². The van der Waals surface area contributed by atoms with Crippen molar-refractivity contribution in [3.8, 4) is 5.75 Å². The quantitative estimate of drug-likeness (QED) is 0.391. The van der Waals surface area contributed by atoms with Gasteiger partial charge in [-0.1, -0.05) is 0 Å². The minimum absolute atomic E-state index is 0. The molecule has 2 rings (SSSR count). The molecule has 0 aliphatic carbocycles. The van der Waals surface area contributed by atoms with Crippen molar-refractivity contribution >= 4 is 29.9 Å². The average Bonchev–Trinajstić information content (AvgIpc) is 2.98. The second-order valence-electron chi connectivity index (χ2n) is 5.48. The van der Waals surface area contributed by atoms with Crippen LogP contribution in [0.3, 0.4) is 0 Å². The van der Waals surface area contributed by atoms with Gasteiger partial charge in [-0.05, 0) is 36.8 Å². The fourth-order valence-electron chi connectivity index (χ4n) is 2.19. The summed E-state index contributed by atoms with van der Waals surface area (Å²) in [6.45, 7) is 4.67. The predicted molar refractivity (Wildman–Crippen MR) is 108 cm³/mol. The van der Waals surface area contributed by atoms with E-state index in [2.05, 4.69) is 15.4 Å². The molecule has 0 unspecified atom stereocenters. The van der Waals surface area contributed by atoms with Gasteiger partial charge in [0.25, 0.3) is 0 Å². The molecular formula is C17H25FIN5O. The molecule has 1 heterocycles. The number of rotatable bonds is 7. The normalized spacial score (nSPS) is 11.0. The van der Waals surface area contributed by atoms with Gasteiger partial charge < -0.3 is 15.0 Å². The van der Waals surface area contributed by atoms with Gasteiger partial charge in [0.1, 0.15) is 18.2 Å². The second kappa shape index (κ2) is 10.9. The molecule has 0 aliphatic rings. The number of benzene rings is 1. The zero-order chi connectivity index (χ0) is 17.4. The maximum absolute atomic E-state index is 12.8. The fraction of sp³-hybridized carbons (Fsp3) is 0.412. The molecule has 1 aromatic heterocycles. The van der Waals surface area contributed by atoms with Crippen LogP contribution in [0.1, 0.15) is 5.56 Å². The number of likely N-dealkylation sites (N-methyl/N-ethyl adjacent to an activating group) is 1. The summed E-state index contributed by atoms with van der Waals surface area (Å²) in [5.74, 6) is 1.18. The van der Waals surface area contributed by atoms with Gasteiger partial charge in [0.15, 0.2) is 5.96 Å². The molecule has 1 aromatic carbocycles. The smallest absolute Gasteiger partial charge is 0.193 e. The Morgan fingerprint density at radius 2 is 2.08 bits per heavy atom. The lowest BCUT2D eigenvalue weighted by molar-refractivity contribution is 0.281. The fourth-order valence-corrected chi connectivity index (χ4v) is 2.19. The Hall–Kier alpha value is -1.84. The third-order valence-electron chi connectivity index (χ3n) is 3.47. The summed E-state index contributed by atoms with van der Waals surface area (Å²) in [7, 11) is 3.69. The van der Waals surface area contributed by atoms with Crippen LogP contribution in [0, 0.1) is 12.7 Å². The highest BCUT2D eigenvalue weighted by atomic mass is 127. The van der Waals surface area contributed by atoms with Gasteiger partial charge in [-0.15, -0.1) is 24.0 Å². The van der Waals surface area contributed by atoms with Gasteiger partial charge in [-0.25, -0.2) is 4.39 Å². The Balaban J connectivity index is 0.00000312. The van der Waals surface area contributed by atoms with Gasteiger partial charge in [0.05, 0.1) is 19.3 Å². The zero-order valence-electron chi connectivity index (χ0n) is 14.8. The van der Waals surface area contributed by atoms with Crippen LogP contribution in [0.25, 0.3) is 0 Å². The van der Waals surface area contributed by atoms with E-state index >= 15 is 0 Å². The van der Waals surface area contributed by atoms with Crippen LogP contribution in [0.5, 0.6) is 5.75 Å². The number of guanidine groups is 1. The molecule has 0 amide bonds. The monoisotopic (exact) mass is 461 g/mol. The predicted octanol–water partition coefficient (Wildman–Crippen LogP) is 2.53. The average molecular weight is 461 g/mol. The van der Waals surface area contributed by atoms with Crippen LogP contribution in [-0.2, 0) is 6.54 Å². The topological polar surface area (TPSA) is 54.7 Å². The van der Waals surface area contributed by atoms with Crippen molar-refractivity contribution in [1.82, 2.24) is 20.0 Å².